The Morgan fingerprint density at radius 1 is 0.842 bits per heavy atom. The second-order valence-electron chi connectivity index (χ2n) is 9.28. The number of hydrogen-bond donors (Lipinski definition) is 2. The van der Waals surface area contributed by atoms with Gasteiger partial charge in [-0.2, -0.15) is 0 Å². The van der Waals surface area contributed by atoms with Gasteiger partial charge in [0.25, 0.3) is 0 Å². The highest BCUT2D eigenvalue weighted by molar-refractivity contribution is 5.89. The lowest BCUT2D eigenvalue weighted by Crippen LogP contribution is -2.50. The summed E-state index contributed by atoms with van der Waals surface area (Å²) < 4.78 is 10.7. The number of rotatable bonds is 12. The molecule has 4 rings (SSSR count). The quantitative estimate of drug-likeness (QED) is 0.359. The minimum atomic E-state index is -0.788. The van der Waals surface area contributed by atoms with Crippen molar-refractivity contribution in [3.8, 4) is 11.5 Å². The van der Waals surface area contributed by atoms with Crippen molar-refractivity contribution in [3.05, 3.63) is 108 Å². The van der Waals surface area contributed by atoms with Crippen LogP contribution in [-0.4, -0.2) is 36.5 Å². The van der Waals surface area contributed by atoms with Crippen LogP contribution in [0.2, 0.25) is 0 Å². The van der Waals surface area contributed by atoms with E-state index in [0.29, 0.717) is 24.3 Å². The number of hydrogen-bond acceptors (Lipinski definition) is 5. The van der Waals surface area contributed by atoms with E-state index in [1.54, 1.807) is 18.2 Å². The van der Waals surface area contributed by atoms with Crippen LogP contribution in [0.4, 0.5) is 0 Å². The zero-order valence-corrected chi connectivity index (χ0v) is 21.4. The molecule has 0 saturated carbocycles. The summed E-state index contributed by atoms with van der Waals surface area (Å²) in [4.78, 5) is 38.1. The van der Waals surface area contributed by atoms with Crippen LogP contribution in [0, 0.1) is 0 Å². The molecule has 0 unspecified atom stereocenters. The molecule has 38 heavy (non-hydrogen) atoms. The van der Waals surface area contributed by atoms with Crippen LogP contribution in [-0.2, 0) is 33.6 Å². The Hall–Kier alpha value is -4.39. The van der Waals surface area contributed by atoms with E-state index in [1.807, 2.05) is 66.7 Å². The standard InChI is InChI=1S/C31H32N2O5/c1-22(34)12-15-26(16-13-23-8-4-2-5-9-23)32-31(36)27(18-24-10-6-3-7-11-24)33-30(35)20-25-14-17-28-29(19-25)38-21-37-28/h2-12,14-15,17,19,26-27H,13,16,18,20-21H2,1H3,(H,32,36)(H,33,35)/b15-12+/t26-,27+/m1/s1. The summed E-state index contributed by atoms with van der Waals surface area (Å²) in [6.07, 6.45) is 4.96. The molecule has 7 heteroatoms. The molecule has 196 valence electrons. The lowest BCUT2D eigenvalue weighted by Gasteiger charge is -2.22. The number of benzene rings is 3. The first-order valence-electron chi connectivity index (χ1n) is 12.7. The van der Waals surface area contributed by atoms with Crippen molar-refractivity contribution < 1.29 is 23.9 Å². The fourth-order valence-electron chi connectivity index (χ4n) is 4.26. The highest BCUT2D eigenvalue weighted by Gasteiger charge is 2.24. The lowest BCUT2D eigenvalue weighted by molar-refractivity contribution is -0.129. The first-order chi connectivity index (χ1) is 18.5. The number of nitrogens with one attached hydrogen (secondary N) is 2. The van der Waals surface area contributed by atoms with Crippen LogP contribution in [0.3, 0.4) is 0 Å². The lowest BCUT2D eigenvalue weighted by atomic mass is 10.0. The van der Waals surface area contributed by atoms with Crippen LogP contribution in [0.5, 0.6) is 11.5 Å². The Morgan fingerprint density at radius 3 is 2.24 bits per heavy atom. The van der Waals surface area contributed by atoms with Crippen LogP contribution in [0.25, 0.3) is 0 Å². The number of carbonyl (C=O) groups is 3. The Labute approximate surface area is 222 Å². The van der Waals surface area contributed by atoms with Gasteiger partial charge in [-0.05, 0) is 54.7 Å². The summed E-state index contributed by atoms with van der Waals surface area (Å²) in [6, 6.07) is 23.7. The second-order valence-corrected chi connectivity index (χ2v) is 9.28. The average molecular weight is 513 g/mol. The first kappa shape index (κ1) is 26.7. The van der Waals surface area contributed by atoms with Crippen LogP contribution in [0.15, 0.2) is 91.0 Å². The van der Waals surface area contributed by atoms with Gasteiger partial charge in [-0.15, -0.1) is 0 Å². The molecule has 0 fully saturated rings. The maximum absolute atomic E-state index is 13.5. The topological polar surface area (TPSA) is 93.7 Å². The van der Waals surface area contributed by atoms with E-state index in [1.165, 1.54) is 13.0 Å². The Bertz CT molecular complexity index is 1270. The van der Waals surface area contributed by atoms with Crippen molar-refractivity contribution >= 4 is 17.6 Å². The SMILES string of the molecule is CC(=O)/C=C/[C@H](CCc1ccccc1)NC(=O)[C@H](Cc1ccccc1)NC(=O)Cc1ccc2c(c1)OCO2. The molecule has 1 aliphatic heterocycles. The first-order valence-corrected chi connectivity index (χ1v) is 12.7. The number of amides is 2. The minimum Gasteiger partial charge on any atom is -0.454 e. The Morgan fingerprint density at radius 2 is 1.53 bits per heavy atom. The highest BCUT2D eigenvalue weighted by atomic mass is 16.7. The van der Waals surface area contributed by atoms with E-state index in [9.17, 15) is 14.4 Å². The maximum Gasteiger partial charge on any atom is 0.243 e. The third-order valence-electron chi connectivity index (χ3n) is 6.21. The Balaban J connectivity index is 1.45. The van der Waals surface area contributed by atoms with Gasteiger partial charge >= 0.3 is 0 Å². The minimum absolute atomic E-state index is 0.0941. The van der Waals surface area contributed by atoms with Gasteiger partial charge in [0, 0.05) is 12.5 Å². The average Bonchev–Trinajstić information content (AvgIpc) is 3.39. The summed E-state index contributed by atoms with van der Waals surface area (Å²) in [6.45, 7) is 1.63. The third kappa shape index (κ3) is 8.06. The van der Waals surface area contributed by atoms with Crippen LogP contribution in [0.1, 0.15) is 30.0 Å². The van der Waals surface area contributed by atoms with Crippen LogP contribution >= 0.6 is 0 Å². The normalized spacial score (nSPS) is 13.6. The number of ether oxygens (including phenoxy) is 2. The fourth-order valence-corrected chi connectivity index (χ4v) is 4.26. The smallest absolute Gasteiger partial charge is 0.243 e. The number of ketones is 1. The second kappa shape index (κ2) is 13.2. The van der Waals surface area contributed by atoms with E-state index < -0.39 is 6.04 Å². The molecule has 0 aromatic heterocycles. The van der Waals surface area contributed by atoms with Gasteiger partial charge in [-0.3, -0.25) is 14.4 Å². The maximum atomic E-state index is 13.5. The fraction of sp³-hybridized carbons (Fsp3) is 0.258. The number of carbonyl (C=O) groups excluding carboxylic acids is 3. The summed E-state index contributed by atoms with van der Waals surface area (Å²) in [7, 11) is 0. The number of aryl methyl sites for hydroxylation is 1. The molecular weight excluding hydrogens is 480 g/mol. The molecule has 0 saturated heterocycles. The zero-order valence-electron chi connectivity index (χ0n) is 21.4. The molecule has 3 aromatic rings. The molecule has 0 radical (unpaired) electrons. The van der Waals surface area contributed by atoms with Gasteiger partial charge in [-0.1, -0.05) is 72.8 Å². The third-order valence-corrected chi connectivity index (χ3v) is 6.21. The van der Waals surface area contributed by atoms with E-state index in [4.69, 9.17) is 9.47 Å². The van der Waals surface area contributed by atoms with Crippen molar-refractivity contribution in [2.45, 2.75) is 44.7 Å². The van der Waals surface area contributed by atoms with Gasteiger partial charge in [0.1, 0.15) is 6.04 Å². The van der Waals surface area contributed by atoms with Crippen molar-refractivity contribution in [1.29, 1.82) is 0 Å². The highest BCUT2D eigenvalue weighted by Crippen LogP contribution is 2.32. The van der Waals surface area contributed by atoms with Gasteiger partial charge in [0.05, 0.1) is 6.42 Å². The van der Waals surface area contributed by atoms with Crippen molar-refractivity contribution in [3.63, 3.8) is 0 Å². The molecule has 3 aromatic carbocycles. The molecule has 0 bridgehead atoms. The molecule has 1 aliphatic rings. The van der Waals surface area contributed by atoms with E-state index in [2.05, 4.69) is 10.6 Å². The van der Waals surface area contributed by atoms with Gasteiger partial charge in [-0.25, -0.2) is 0 Å². The molecule has 0 aliphatic carbocycles. The molecule has 7 nitrogen and oxygen atoms in total. The molecule has 1 heterocycles. The van der Waals surface area contributed by atoms with Gasteiger partial charge in [0.15, 0.2) is 17.3 Å². The largest absolute Gasteiger partial charge is 0.454 e. The van der Waals surface area contributed by atoms with Crippen LogP contribution < -0.4 is 20.1 Å². The van der Waals surface area contributed by atoms with E-state index in [0.717, 1.165) is 23.1 Å². The van der Waals surface area contributed by atoms with E-state index >= 15 is 0 Å². The molecule has 2 amide bonds. The summed E-state index contributed by atoms with van der Waals surface area (Å²) >= 11 is 0. The van der Waals surface area contributed by atoms with Crippen molar-refractivity contribution in [2.75, 3.05) is 6.79 Å². The molecular formula is C31H32N2O5. The molecule has 2 N–H and O–H groups in total. The Kier molecular flexibility index (Phi) is 9.29. The monoisotopic (exact) mass is 512 g/mol. The summed E-state index contributed by atoms with van der Waals surface area (Å²) in [5.74, 6) is 0.573. The molecule has 0 spiro atoms. The van der Waals surface area contributed by atoms with Gasteiger partial charge < -0.3 is 20.1 Å². The van der Waals surface area contributed by atoms with E-state index in [-0.39, 0.29) is 36.9 Å². The summed E-state index contributed by atoms with van der Waals surface area (Å²) in [5, 5.41) is 5.95. The van der Waals surface area contributed by atoms with Crippen molar-refractivity contribution in [1.82, 2.24) is 10.6 Å². The van der Waals surface area contributed by atoms with Crippen molar-refractivity contribution in [2.24, 2.45) is 0 Å². The molecule has 2 atom stereocenters. The predicted octanol–water partition coefficient (Wildman–Crippen LogP) is 3.95. The number of fused-ring (bicyclic) bond motifs is 1. The predicted molar refractivity (Wildman–Crippen MR) is 145 cm³/mol. The summed E-state index contributed by atoms with van der Waals surface area (Å²) in [5.41, 5.74) is 2.83. The number of allylic oxidation sites excluding steroid dienone is 1. The van der Waals surface area contributed by atoms with Gasteiger partial charge in [0.2, 0.25) is 18.6 Å². The zero-order chi connectivity index (χ0) is 26.7.